The Balaban J connectivity index is 0.000000720. The lowest BCUT2D eigenvalue weighted by molar-refractivity contribution is 1.23. The predicted molar refractivity (Wildman–Crippen MR) is 45.6 cm³/mol. The van der Waals surface area contributed by atoms with E-state index in [4.69, 9.17) is 0 Å². The second kappa shape index (κ2) is 3.17. The summed E-state index contributed by atoms with van der Waals surface area (Å²) in [5, 5.41) is 0.951. The lowest BCUT2D eigenvalue weighted by Gasteiger charge is -1.92. The lowest BCUT2D eigenvalue weighted by atomic mass is 10.3. The fourth-order valence-corrected chi connectivity index (χ4v) is 0.981. The molecule has 0 bridgehead atoms. The highest BCUT2D eigenvalue weighted by Crippen LogP contribution is 2.02. The summed E-state index contributed by atoms with van der Waals surface area (Å²) in [7, 11) is 0. The molecule has 0 atom stereocenters. The molecule has 3 heteroatoms. The van der Waals surface area contributed by atoms with E-state index in [2.05, 4.69) is 9.97 Å². The summed E-state index contributed by atoms with van der Waals surface area (Å²) in [4.78, 5) is 17.4. The van der Waals surface area contributed by atoms with Crippen LogP contribution in [0.25, 0.3) is 11.0 Å². The van der Waals surface area contributed by atoms with Crippen molar-refractivity contribution in [2.45, 2.75) is 0 Å². The van der Waals surface area contributed by atoms with Gasteiger partial charge in [0.1, 0.15) is 5.65 Å². The van der Waals surface area contributed by atoms with Crippen molar-refractivity contribution in [3.05, 3.63) is 48.2 Å². The van der Waals surface area contributed by atoms with Crippen LogP contribution in [-0.4, -0.2) is 9.97 Å². The first-order chi connectivity index (χ1) is 5.36. The molecule has 2 rings (SSSR count). The molecule has 0 saturated heterocycles. The Bertz CT molecular complexity index is 433. The monoisotopic (exact) mass is 158 g/mol. The Hall–Kier alpha value is -1.64. The minimum Gasteiger partial charge on any atom is -0.307 e. The van der Waals surface area contributed by atoms with Gasteiger partial charge in [0.25, 0.3) is 0 Å². The molecule has 0 spiro atoms. The first-order valence-electron chi connectivity index (χ1n) is 3.30. The molecule has 0 saturated carbocycles. The molecule has 3 nitrogen and oxygen atoms in total. The zero-order valence-corrected chi connectivity index (χ0v) is 6.24. The summed E-state index contributed by atoms with van der Waals surface area (Å²) in [5.74, 6) is 0. The van der Waals surface area contributed by atoms with Gasteiger partial charge in [0.2, 0.25) is 5.56 Å². The molecule has 0 aromatic carbocycles. The average Bonchev–Trinajstić information content (AvgIpc) is 2.04. The van der Waals surface area contributed by atoms with E-state index in [0.29, 0.717) is 5.65 Å². The van der Waals surface area contributed by atoms with Crippen LogP contribution in [0, 0.1) is 7.43 Å². The zero-order valence-electron chi connectivity index (χ0n) is 6.24. The van der Waals surface area contributed by atoms with Crippen LogP contribution in [0.3, 0.4) is 0 Å². The molecule has 0 aliphatic carbocycles. The molecule has 2 aromatic heterocycles. The van der Waals surface area contributed by atoms with Crippen molar-refractivity contribution in [3.63, 3.8) is 0 Å². The van der Waals surface area contributed by atoms with Gasteiger partial charge in [0.05, 0.1) is 0 Å². The number of hydrogen-bond acceptors (Lipinski definition) is 2. The first kappa shape index (κ1) is 8.46. The quantitative estimate of drug-likeness (QED) is 0.621. The molecule has 0 aliphatic rings. The van der Waals surface area contributed by atoms with E-state index < -0.39 is 0 Å². The maximum absolute atomic E-state index is 10.8. The molecule has 0 aliphatic heterocycles. The van der Waals surface area contributed by atoms with Gasteiger partial charge in [-0.2, -0.15) is 0 Å². The fraction of sp³-hybridized carbons (Fsp3) is 0. The summed E-state index contributed by atoms with van der Waals surface area (Å²) in [6.45, 7) is 0. The van der Waals surface area contributed by atoms with E-state index in [1.165, 1.54) is 6.07 Å². The highest BCUT2D eigenvalue weighted by Gasteiger charge is 1.90. The van der Waals surface area contributed by atoms with Gasteiger partial charge in [-0.15, -0.1) is 0 Å². The molecule has 2 heterocycles. The minimum absolute atomic E-state index is 0. The highest BCUT2D eigenvalue weighted by atomic mass is 16.1. The van der Waals surface area contributed by atoms with E-state index >= 15 is 0 Å². The zero-order chi connectivity index (χ0) is 7.68. The third-order valence-electron chi connectivity index (χ3n) is 1.49. The number of rotatable bonds is 0. The van der Waals surface area contributed by atoms with Gasteiger partial charge in [0, 0.05) is 25.1 Å². The molecule has 0 amide bonds. The predicted octanol–water partition coefficient (Wildman–Crippen LogP) is 1.00. The number of pyridine rings is 2. The molecule has 4 radical (unpaired) electrons. The van der Waals surface area contributed by atoms with Crippen LogP contribution < -0.4 is 5.56 Å². The smallest absolute Gasteiger partial charge is 0.249 e. The Kier molecular flexibility index (Phi) is 2.24. The van der Waals surface area contributed by atoms with Crippen molar-refractivity contribution in [3.8, 4) is 0 Å². The summed E-state index contributed by atoms with van der Waals surface area (Å²) in [6, 6.07) is 6.98. The topological polar surface area (TPSA) is 45.8 Å². The van der Waals surface area contributed by atoms with Crippen molar-refractivity contribution in [1.82, 2.24) is 9.97 Å². The van der Waals surface area contributed by atoms with Crippen molar-refractivity contribution in [2.24, 2.45) is 0 Å². The van der Waals surface area contributed by atoms with Gasteiger partial charge in [-0.3, -0.25) is 4.79 Å². The SMILES string of the molecule is O=c1ccc2cccnc2[nH]1.[C]. The van der Waals surface area contributed by atoms with Crippen molar-refractivity contribution < 1.29 is 0 Å². The molecule has 0 unspecified atom stereocenters. The maximum atomic E-state index is 10.8. The van der Waals surface area contributed by atoms with Gasteiger partial charge in [-0.25, -0.2) is 4.98 Å². The van der Waals surface area contributed by atoms with Crippen LogP contribution >= 0.6 is 0 Å². The van der Waals surface area contributed by atoms with Crippen molar-refractivity contribution >= 4 is 11.0 Å². The van der Waals surface area contributed by atoms with E-state index in [-0.39, 0.29) is 13.0 Å². The van der Waals surface area contributed by atoms with E-state index in [1.54, 1.807) is 12.3 Å². The molecule has 12 heavy (non-hydrogen) atoms. The number of aromatic amines is 1. The standard InChI is InChI=1S/C8H6N2O.C/c11-7-4-3-6-2-1-5-9-8(6)10-7;/h1-5H,(H,9,10,11);. The first-order valence-corrected chi connectivity index (χ1v) is 3.30. The fourth-order valence-electron chi connectivity index (χ4n) is 0.981. The van der Waals surface area contributed by atoms with Crippen molar-refractivity contribution in [1.29, 1.82) is 0 Å². The number of aromatic nitrogens is 2. The second-order valence-corrected chi connectivity index (χ2v) is 2.26. The summed E-state index contributed by atoms with van der Waals surface area (Å²) < 4.78 is 0. The Morgan fingerprint density at radius 3 is 2.92 bits per heavy atom. The molecule has 58 valence electrons. The number of fused-ring (bicyclic) bond motifs is 1. The molecular formula is C9H6N2O. The van der Waals surface area contributed by atoms with Crippen LogP contribution in [0.4, 0.5) is 0 Å². The Morgan fingerprint density at radius 1 is 1.25 bits per heavy atom. The number of H-pyrrole nitrogens is 1. The van der Waals surface area contributed by atoms with Crippen molar-refractivity contribution in [2.75, 3.05) is 0 Å². The Labute approximate surface area is 70.1 Å². The van der Waals surface area contributed by atoms with Gasteiger partial charge < -0.3 is 4.98 Å². The lowest BCUT2D eigenvalue weighted by Crippen LogP contribution is -2.02. The Morgan fingerprint density at radius 2 is 2.08 bits per heavy atom. The van der Waals surface area contributed by atoms with E-state index in [0.717, 1.165) is 5.39 Å². The van der Waals surface area contributed by atoms with Gasteiger partial charge >= 0.3 is 0 Å². The molecule has 2 aromatic rings. The van der Waals surface area contributed by atoms with Gasteiger partial charge in [-0.05, 0) is 18.2 Å². The van der Waals surface area contributed by atoms with Crippen LogP contribution in [-0.2, 0) is 0 Å². The van der Waals surface area contributed by atoms with Gasteiger partial charge in [0.15, 0.2) is 0 Å². The van der Waals surface area contributed by atoms with E-state index in [9.17, 15) is 4.79 Å². The third-order valence-corrected chi connectivity index (χ3v) is 1.49. The summed E-state index contributed by atoms with van der Waals surface area (Å²) in [6.07, 6.45) is 1.65. The number of nitrogens with zero attached hydrogens (tertiary/aromatic N) is 1. The molecule has 0 fully saturated rings. The van der Waals surface area contributed by atoms with Gasteiger partial charge in [-0.1, -0.05) is 0 Å². The van der Waals surface area contributed by atoms with Crippen LogP contribution in [0.2, 0.25) is 0 Å². The van der Waals surface area contributed by atoms with Crippen LogP contribution in [0.1, 0.15) is 0 Å². The number of nitrogens with one attached hydrogen (secondary N) is 1. The average molecular weight is 158 g/mol. The number of hydrogen-bond donors (Lipinski definition) is 1. The highest BCUT2D eigenvalue weighted by molar-refractivity contribution is 5.73. The second-order valence-electron chi connectivity index (χ2n) is 2.26. The summed E-state index contributed by atoms with van der Waals surface area (Å²) >= 11 is 0. The summed E-state index contributed by atoms with van der Waals surface area (Å²) in [5.41, 5.74) is 0.524. The van der Waals surface area contributed by atoms with Crippen LogP contribution in [0.15, 0.2) is 35.3 Å². The third kappa shape index (κ3) is 1.34. The minimum atomic E-state index is -0.115. The molecular weight excluding hydrogens is 152 g/mol. The maximum Gasteiger partial charge on any atom is 0.249 e. The normalized spacial score (nSPS) is 9.33. The van der Waals surface area contributed by atoms with Crippen LogP contribution in [0.5, 0.6) is 0 Å². The largest absolute Gasteiger partial charge is 0.307 e. The molecule has 1 N–H and O–H groups in total. The van der Waals surface area contributed by atoms with E-state index in [1.807, 2.05) is 12.1 Å².